The molecule has 120 valence electrons. The Balaban J connectivity index is 2.03. The molecule has 1 N–H and O–H groups in total. The van der Waals surface area contributed by atoms with Gasteiger partial charge in [-0.15, -0.1) is 0 Å². The second kappa shape index (κ2) is 5.50. The maximum Gasteiger partial charge on any atom is 0.345 e. The van der Waals surface area contributed by atoms with Crippen LogP contribution in [0, 0.1) is 0 Å². The first-order valence-electron chi connectivity index (χ1n) is 7.29. The molecule has 5 nitrogen and oxygen atoms in total. The number of ether oxygens (including phenoxy) is 3. The average molecular weight is 314 g/mol. The fourth-order valence-electron chi connectivity index (χ4n) is 2.67. The molecule has 0 saturated heterocycles. The van der Waals surface area contributed by atoms with E-state index in [-0.39, 0.29) is 5.75 Å². The molecule has 0 fully saturated rings. The van der Waals surface area contributed by atoms with Crippen molar-refractivity contribution in [2.24, 2.45) is 0 Å². The van der Waals surface area contributed by atoms with Crippen LogP contribution >= 0.6 is 0 Å². The summed E-state index contributed by atoms with van der Waals surface area (Å²) < 4.78 is 16.2. The van der Waals surface area contributed by atoms with Gasteiger partial charge in [0, 0.05) is 19.9 Å². The summed E-state index contributed by atoms with van der Waals surface area (Å²) in [7, 11) is 1.60. The van der Waals surface area contributed by atoms with E-state index in [9.17, 15) is 9.90 Å². The SMILES string of the molecule is COc1cccc(Cc2cc(O)cc3c2C(=O)OC(C)(C)O3)c1. The number of fused-ring (bicyclic) bond motifs is 1. The molecule has 0 aliphatic carbocycles. The zero-order valence-electron chi connectivity index (χ0n) is 13.3. The summed E-state index contributed by atoms with van der Waals surface area (Å²) in [5.74, 6) is -0.382. The van der Waals surface area contributed by atoms with Crippen molar-refractivity contribution in [3.63, 3.8) is 0 Å². The van der Waals surface area contributed by atoms with Gasteiger partial charge in [0.15, 0.2) is 0 Å². The van der Waals surface area contributed by atoms with Gasteiger partial charge in [-0.25, -0.2) is 4.79 Å². The zero-order valence-corrected chi connectivity index (χ0v) is 13.3. The van der Waals surface area contributed by atoms with Gasteiger partial charge in [-0.3, -0.25) is 0 Å². The van der Waals surface area contributed by atoms with Gasteiger partial charge in [0.2, 0.25) is 5.79 Å². The summed E-state index contributed by atoms with van der Waals surface area (Å²) in [6.45, 7) is 3.30. The number of carbonyl (C=O) groups is 1. The summed E-state index contributed by atoms with van der Waals surface area (Å²) >= 11 is 0. The molecule has 0 unspecified atom stereocenters. The molecule has 0 radical (unpaired) electrons. The Hall–Kier alpha value is -2.69. The third-order valence-corrected chi connectivity index (χ3v) is 3.60. The smallest absolute Gasteiger partial charge is 0.345 e. The number of carbonyl (C=O) groups excluding carboxylic acids is 1. The highest BCUT2D eigenvalue weighted by atomic mass is 16.7. The van der Waals surface area contributed by atoms with Crippen LogP contribution in [-0.4, -0.2) is 24.0 Å². The molecule has 2 aromatic rings. The second-order valence-electron chi connectivity index (χ2n) is 5.90. The molecule has 1 aliphatic heterocycles. The van der Waals surface area contributed by atoms with Gasteiger partial charge in [0.25, 0.3) is 0 Å². The number of hydrogen-bond acceptors (Lipinski definition) is 5. The molecule has 2 aromatic carbocycles. The Bertz CT molecular complexity index is 764. The van der Waals surface area contributed by atoms with E-state index >= 15 is 0 Å². The normalized spacial score (nSPS) is 15.3. The summed E-state index contributed by atoms with van der Waals surface area (Å²) in [6, 6.07) is 10.5. The lowest BCUT2D eigenvalue weighted by Gasteiger charge is -2.32. The quantitative estimate of drug-likeness (QED) is 0.881. The summed E-state index contributed by atoms with van der Waals surface area (Å²) in [6.07, 6.45) is 0.451. The first kappa shape index (κ1) is 15.2. The molecular weight excluding hydrogens is 296 g/mol. The van der Waals surface area contributed by atoms with E-state index in [4.69, 9.17) is 14.2 Å². The van der Waals surface area contributed by atoms with Crippen LogP contribution in [0.4, 0.5) is 0 Å². The largest absolute Gasteiger partial charge is 0.508 e. The molecule has 0 bridgehead atoms. The van der Waals surface area contributed by atoms with Gasteiger partial charge in [-0.1, -0.05) is 12.1 Å². The van der Waals surface area contributed by atoms with E-state index in [0.29, 0.717) is 23.3 Å². The monoisotopic (exact) mass is 314 g/mol. The van der Waals surface area contributed by atoms with Crippen molar-refractivity contribution >= 4 is 5.97 Å². The maximum atomic E-state index is 12.3. The highest BCUT2D eigenvalue weighted by Crippen LogP contribution is 2.37. The minimum atomic E-state index is -1.05. The van der Waals surface area contributed by atoms with Crippen molar-refractivity contribution < 1.29 is 24.1 Å². The first-order chi connectivity index (χ1) is 10.9. The predicted octanol–water partition coefficient (Wildman–Crippen LogP) is 3.28. The number of hydrogen-bond donors (Lipinski definition) is 1. The summed E-state index contributed by atoms with van der Waals surface area (Å²) in [4.78, 5) is 12.3. The van der Waals surface area contributed by atoms with Crippen molar-refractivity contribution in [2.45, 2.75) is 26.1 Å². The van der Waals surface area contributed by atoms with Crippen LogP contribution in [0.3, 0.4) is 0 Å². The molecule has 3 rings (SSSR count). The summed E-state index contributed by atoms with van der Waals surface area (Å²) in [5.41, 5.74) is 1.95. The lowest BCUT2D eigenvalue weighted by Crippen LogP contribution is -2.39. The lowest BCUT2D eigenvalue weighted by atomic mass is 9.97. The van der Waals surface area contributed by atoms with Gasteiger partial charge in [-0.05, 0) is 35.7 Å². The third-order valence-electron chi connectivity index (χ3n) is 3.60. The van der Waals surface area contributed by atoms with Gasteiger partial charge in [0.1, 0.15) is 22.8 Å². The van der Waals surface area contributed by atoms with Crippen molar-refractivity contribution in [3.05, 3.63) is 53.1 Å². The Kier molecular flexibility index (Phi) is 3.64. The fourth-order valence-corrected chi connectivity index (χ4v) is 2.67. The number of methoxy groups -OCH3 is 1. The highest BCUT2D eigenvalue weighted by Gasteiger charge is 2.35. The number of aromatic hydroxyl groups is 1. The Labute approximate surface area is 134 Å². The minimum absolute atomic E-state index is 0.0483. The van der Waals surface area contributed by atoms with Crippen molar-refractivity contribution in [2.75, 3.05) is 7.11 Å². The minimum Gasteiger partial charge on any atom is -0.508 e. The van der Waals surface area contributed by atoms with E-state index in [1.54, 1.807) is 27.0 Å². The number of phenolic OH excluding ortho intramolecular Hbond substituents is 1. The number of cyclic esters (lactones) is 1. The lowest BCUT2D eigenvalue weighted by molar-refractivity contribution is -0.127. The molecule has 0 atom stereocenters. The molecule has 23 heavy (non-hydrogen) atoms. The second-order valence-corrected chi connectivity index (χ2v) is 5.90. The van der Waals surface area contributed by atoms with E-state index in [1.807, 2.05) is 24.3 Å². The van der Waals surface area contributed by atoms with Crippen LogP contribution in [0.1, 0.15) is 35.3 Å². The third kappa shape index (κ3) is 3.08. The van der Waals surface area contributed by atoms with Crippen LogP contribution in [-0.2, 0) is 11.2 Å². The predicted molar refractivity (Wildman–Crippen MR) is 84.0 cm³/mol. The van der Waals surface area contributed by atoms with Gasteiger partial charge < -0.3 is 19.3 Å². The number of benzene rings is 2. The zero-order chi connectivity index (χ0) is 16.6. The van der Waals surface area contributed by atoms with Crippen LogP contribution < -0.4 is 9.47 Å². The molecule has 1 heterocycles. The van der Waals surface area contributed by atoms with Gasteiger partial charge >= 0.3 is 5.97 Å². The van der Waals surface area contributed by atoms with E-state index in [1.165, 1.54) is 6.07 Å². The first-order valence-corrected chi connectivity index (χ1v) is 7.29. The highest BCUT2D eigenvalue weighted by molar-refractivity contribution is 5.95. The number of esters is 1. The van der Waals surface area contributed by atoms with Gasteiger partial charge in [0.05, 0.1) is 7.11 Å². The number of rotatable bonds is 3. The topological polar surface area (TPSA) is 65.0 Å². The standard InChI is InChI=1S/C18H18O5/c1-18(2)22-15-10-13(19)9-12(16(15)17(20)23-18)7-11-5-4-6-14(8-11)21-3/h4-6,8-10,19H,7H2,1-3H3. The van der Waals surface area contributed by atoms with Crippen LogP contribution in [0.25, 0.3) is 0 Å². The Morgan fingerprint density at radius 2 is 1.96 bits per heavy atom. The van der Waals surface area contributed by atoms with Crippen molar-refractivity contribution in [1.29, 1.82) is 0 Å². The molecule has 5 heteroatoms. The molecule has 0 spiro atoms. The van der Waals surface area contributed by atoms with Crippen LogP contribution in [0.15, 0.2) is 36.4 Å². The molecule has 0 saturated carbocycles. The molecular formula is C18H18O5. The van der Waals surface area contributed by atoms with Crippen molar-refractivity contribution in [3.8, 4) is 17.2 Å². The summed E-state index contributed by atoms with van der Waals surface area (Å²) in [5, 5.41) is 9.95. The van der Waals surface area contributed by atoms with Gasteiger partial charge in [-0.2, -0.15) is 0 Å². The van der Waals surface area contributed by atoms with E-state index < -0.39 is 11.8 Å². The molecule has 0 amide bonds. The van der Waals surface area contributed by atoms with E-state index in [2.05, 4.69) is 0 Å². The van der Waals surface area contributed by atoms with Crippen LogP contribution in [0.5, 0.6) is 17.2 Å². The number of phenols is 1. The average Bonchev–Trinajstić information content (AvgIpc) is 2.45. The van der Waals surface area contributed by atoms with Crippen LogP contribution in [0.2, 0.25) is 0 Å². The molecule has 1 aliphatic rings. The molecule has 0 aromatic heterocycles. The van der Waals surface area contributed by atoms with E-state index in [0.717, 1.165) is 11.3 Å². The maximum absolute atomic E-state index is 12.3. The Morgan fingerprint density at radius 1 is 1.17 bits per heavy atom. The Morgan fingerprint density at radius 3 is 2.70 bits per heavy atom. The van der Waals surface area contributed by atoms with Crippen molar-refractivity contribution in [1.82, 2.24) is 0 Å². The fraction of sp³-hybridized carbons (Fsp3) is 0.278.